The fourth-order valence-electron chi connectivity index (χ4n) is 3.28. The van der Waals surface area contributed by atoms with Gasteiger partial charge in [-0.05, 0) is 49.9 Å². The third kappa shape index (κ3) is 3.73. The molecule has 2 aliphatic carbocycles. The van der Waals surface area contributed by atoms with Crippen LogP contribution in [0.4, 0.5) is 0 Å². The Morgan fingerprint density at radius 2 is 2.06 bits per heavy atom. The molecule has 2 heteroatoms. The Labute approximate surface area is 111 Å². The molecular weight excluding hydrogens is 224 g/mol. The van der Waals surface area contributed by atoms with E-state index < -0.39 is 0 Å². The molecule has 2 fully saturated rings. The van der Waals surface area contributed by atoms with Crippen molar-refractivity contribution in [2.45, 2.75) is 65.2 Å². The minimum Gasteiger partial charge on any atom is -0.465 e. The number of ether oxygens (including phenoxy) is 1. The van der Waals surface area contributed by atoms with Crippen LogP contribution in [0.5, 0.6) is 0 Å². The lowest BCUT2D eigenvalue weighted by molar-refractivity contribution is -0.151. The Morgan fingerprint density at radius 3 is 2.72 bits per heavy atom. The van der Waals surface area contributed by atoms with Crippen molar-refractivity contribution in [3.05, 3.63) is 0 Å². The molecule has 104 valence electrons. The van der Waals surface area contributed by atoms with Crippen molar-refractivity contribution in [2.75, 3.05) is 6.61 Å². The topological polar surface area (TPSA) is 26.3 Å². The SMILES string of the molecule is CCCCC(CC)COC(=O)C1CCC2CC2C1. The smallest absolute Gasteiger partial charge is 0.308 e. The van der Waals surface area contributed by atoms with Crippen molar-refractivity contribution in [3.8, 4) is 0 Å². The summed E-state index contributed by atoms with van der Waals surface area (Å²) in [5, 5.41) is 0. The molecule has 0 bridgehead atoms. The summed E-state index contributed by atoms with van der Waals surface area (Å²) >= 11 is 0. The number of rotatable bonds is 7. The normalized spacial score (nSPS) is 31.6. The third-order valence-electron chi connectivity index (χ3n) is 4.88. The van der Waals surface area contributed by atoms with E-state index in [1.54, 1.807) is 0 Å². The summed E-state index contributed by atoms with van der Waals surface area (Å²) in [6.45, 7) is 5.07. The van der Waals surface area contributed by atoms with Crippen LogP contribution in [-0.2, 0) is 9.53 Å². The van der Waals surface area contributed by atoms with E-state index >= 15 is 0 Å². The van der Waals surface area contributed by atoms with Crippen molar-refractivity contribution in [1.29, 1.82) is 0 Å². The Balaban J connectivity index is 1.66. The number of esters is 1. The summed E-state index contributed by atoms with van der Waals surface area (Å²) in [6.07, 6.45) is 9.63. The van der Waals surface area contributed by atoms with E-state index in [0.29, 0.717) is 12.5 Å². The Bertz CT molecular complexity index is 274. The first-order valence-electron chi connectivity index (χ1n) is 7.91. The first-order valence-corrected chi connectivity index (χ1v) is 7.91. The van der Waals surface area contributed by atoms with E-state index in [0.717, 1.165) is 31.1 Å². The minimum absolute atomic E-state index is 0.0929. The molecule has 0 aromatic carbocycles. The molecule has 18 heavy (non-hydrogen) atoms. The van der Waals surface area contributed by atoms with E-state index in [4.69, 9.17) is 4.74 Å². The quantitative estimate of drug-likeness (QED) is 0.635. The van der Waals surface area contributed by atoms with Crippen molar-refractivity contribution in [3.63, 3.8) is 0 Å². The van der Waals surface area contributed by atoms with Crippen LogP contribution >= 0.6 is 0 Å². The average molecular weight is 252 g/mol. The Hall–Kier alpha value is -0.530. The highest BCUT2D eigenvalue weighted by Crippen LogP contribution is 2.51. The first kappa shape index (κ1) is 13.9. The summed E-state index contributed by atoms with van der Waals surface area (Å²) in [6, 6.07) is 0. The van der Waals surface area contributed by atoms with Crippen LogP contribution in [-0.4, -0.2) is 12.6 Å². The summed E-state index contributed by atoms with van der Waals surface area (Å²) in [4.78, 5) is 12.0. The molecule has 0 aliphatic heterocycles. The van der Waals surface area contributed by atoms with Gasteiger partial charge < -0.3 is 4.74 Å². The fraction of sp³-hybridized carbons (Fsp3) is 0.938. The molecule has 4 unspecified atom stereocenters. The number of fused-ring (bicyclic) bond motifs is 1. The van der Waals surface area contributed by atoms with Crippen LogP contribution < -0.4 is 0 Å². The van der Waals surface area contributed by atoms with Crippen molar-refractivity contribution < 1.29 is 9.53 Å². The lowest BCUT2D eigenvalue weighted by atomic mass is 9.89. The van der Waals surface area contributed by atoms with Gasteiger partial charge in [-0.15, -0.1) is 0 Å². The molecular formula is C16H28O2. The highest BCUT2D eigenvalue weighted by molar-refractivity contribution is 5.72. The van der Waals surface area contributed by atoms with Crippen molar-refractivity contribution >= 4 is 5.97 Å². The number of carbonyl (C=O) groups excluding carboxylic acids is 1. The molecule has 0 N–H and O–H groups in total. The molecule has 0 saturated heterocycles. The maximum Gasteiger partial charge on any atom is 0.308 e. The van der Waals surface area contributed by atoms with E-state index in [1.807, 2.05) is 0 Å². The zero-order valence-corrected chi connectivity index (χ0v) is 12.0. The van der Waals surface area contributed by atoms with Crippen molar-refractivity contribution in [2.24, 2.45) is 23.7 Å². The zero-order valence-electron chi connectivity index (χ0n) is 12.0. The monoisotopic (exact) mass is 252 g/mol. The standard InChI is InChI=1S/C16H28O2/c1-3-5-6-12(4-2)11-18-16(17)14-8-7-13-9-15(13)10-14/h12-15H,3-11H2,1-2H3. The van der Waals surface area contributed by atoms with Crippen LogP contribution in [0.15, 0.2) is 0 Å². The van der Waals surface area contributed by atoms with Gasteiger partial charge in [-0.1, -0.05) is 33.1 Å². The Morgan fingerprint density at radius 1 is 1.22 bits per heavy atom. The third-order valence-corrected chi connectivity index (χ3v) is 4.88. The van der Waals surface area contributed by atoms with Gasteiger partial charge in [-0.25, -0.2) is 0 Å². The summed E-state index contributed by atoms with van der Waals surface area (Å²) < 4.78 is 5.56. The van der Waals surface area contributed by atoms with Crippen LogP contribution in [0.1, 0.15) is 65.2 Å². The average Bonchev–Trinajstić information content (AvgIpc) is 3.16. The fourth-order valence-corrected chi connectivity index (χ4v) is 3.28. The van der Waals surface area contributed by atoms with E-state index in [9.17, 15) is 4.79 Å². The molecule has 2 nitrogen and oxygen atoms in total. The molecule has 2 rings (SSSR count). The molecule has 4 atom stereocenters. The van der Waals surface area contributed by atoms with Crippen LogP contribution in [0.2, 0.25) is 0 Å². The Kier molecular flexibility index (Phi) is 5.08. The minimum atomic E-state index is 0.0929. The number of hydrogen-bond donors (Lipinski definition) is 0. The maximum absolute atomic E-state index is 12.0. The van der Waals surface area contributed by atoms with E-state index in [2.05, 4.69) is 13.8 Å². The molecule has 2 aliphatic rings. The van der Waals surface area contributed by atoms with Crippen molar-refractivity contribution in [1.82, 2.24) is 0 Å². The first-order chi connectivity index (χ1) is 8.74. The van der Waals surface area contributed by atoms with Crippen LogP contribution in [0.25, 0.3) is 0 Å². The molecule has 0 heterocycles. The summed E-state index contributed by atoms with van der Waals surface area (Å²) in [5.41, 5.74) is 0. The molecule has 0 aromatic rings. The molecule has 0 amide bonds. The summed E-state index contributed by atoms with van der Waals surface area (Å²) in [7, 11) is 0. The van der Waals surface area contributed by atoms with Gasteiger partial charge in [-0.2, -0.15) is 0 Å². The van der Waals surface area contributed by atoms with Gasteiger partial charge in [0.1, 0.15) is 0 Å². The van der Waals surface area contributed by atoms with Gasteiger partial charge in [0, 0.05) is 0 Å². The lowest BCUT2D eigenvalue weighted by Gasteiger charge is -2.21. The molecule has 0 spiro atoms. The maximum atomic E-state index is 12.0. The number of hydrogen-bond acceptors (Lipinski definition) is 2. The number of carbonyl (C=O) groups is 1. The molecule has 0 aromatic heterocycles. The van der Waals surface area contributed by atoms with Gasteiger partial charge in [0.15, 0.2) is 0 Å². The largest absolute Gasteiger partial charge is 0.465 e. The second-order valence-electron chi connectivity index (χ2n) is 6.31. The van der Waals surface area contributed by atoms with Gasteiger partial charge >= 0.3 is 5.97 Å². The van der Waals surface area contributed by atoms with Crippen LogP contribution in [0, 0.1) is 23.7 Å². The van der Waals surface area contributed by atoms with Crippen LogP contribution in [0.3, 0.4) is 0 Å². The lowest BCUT2D eigenvalue weighted by Crippen LogP contribution is -2.23. The van der Waals surface area contributed by atoms with E-state index in [1.165, 1.54) is 32.1 Å². The van der Waals surface area contributed by atoms with E-state index in [-0.39, 0.29) is 11.9 Å². The second kappa shape index (κ2) is 6.58. The molecule has 2 saturated carbocycles. The predicted octanol–water partition coefficient (Wildman–Crippen LogP) is 4.18. The number of unbranched alkanes of at least 4 members (excludes halogenated alkanes) is 1. The second-order valence-corrected chi connectivity index (χ2v) is 6.31. The summed E-state index contributed by atoms with van der Waals surface area (Å²) in [5.74, 6) is 2.71. The highest BCUT2D eigenvalue weighted by Gasteiger charge is 2.44. The zero-order chi connectivity index (χ0) is 13.0. The van der Waals surface area contributed by atoms with Gasteiger partial charge in [0.05, 0.1) is 12.5 Å². The van der Waals surface area contributed by atoms with Gasteiger partial charge in [0.25, 0.3) is 0 Å². The van der Waals surface area contributed by atoms with Gasteiger partial charge in [0.2, 0.25) is 0 Å². The van der Waals surface area contributed by atoms with Gasteiger partial charge in [-0.3, -0.25) is 4.79 Å². The highest BCUT2D eigenvalue weighted by atomic mass is 16.5. The molecule has 0 radical (unpaired) electrons. The predicted molar refractivity (Wildman–Crippen MR) is 73.2 cm³/mol.